The predicted octanol–water partition coefficient (Wildman–Crippen LogP) is 1.82. The van der Waals surface area contributed by atoms with Crippen molar-refractivity contribution in [2.24, 2.45) is 5.73 Å². The monoisotopic (exact) mass is 221 g/mol. The van der Waals surface area contributed by atoms with Gasteiger partial charge in [-0.25, -0.2) is 0 Å². The number of hydrogen-bond donors (Lipinski definition) is 1. The van der Waals surface area contributed by atoms with E-state index in [1.807, 2.05) is 0 Å². The lowest BCUT2D eigenvalue weighted by Crippen LogP contribution is -2.24. The molecule has 0 aromatic heterocycles. The van der Waals surface area contributed by atoms with E-state index >= 15 is 0 Å². The normalized spacial score (nSPS) is 12.2. The quantitative estimate of drug-likeness (QED) is 0.772. The second-order valence-corrected chi connectivity index (χ2v) is 4.06. The van der Waals surface area contributed by atoms with Crippen molar-refractivity contribution < 1.29 is 9.53 Å². The topological polar surface area (TPSA) is 52.3 Å². The van der Waals surface area contributed by atoms with Gasteiger partial charge in [0.25, 0.3) is 0 Å². The molecule has 88 valence electrons. The summed E-state index contributed by atoms with van der Waals surface area (Å²) < 4.78 is 4.57. The Balaban J connectivity index is 2.36. The molecule has 0 heterocycles. The number of ether oxygens (including phenoxy) is 1. The van der Waals surface area contributed by atoms with E-state index < -0.39 is 0 Å². The molecule has 0 radical (unpaired) electrons. The van der Waals surface area contributed by atoms with Crippen molar-refractivity contribution in [1.82, 2.24) is 0 Å². The molecule has 0 fully saturated rings. The largest absolute Gasteiger partial charge is 0.469 e. The molecule has 0 spiro atoms. The molecular formula is C13H19NO2. The molecule has 3 nitrogen and oxygen atoms in total. The van der Waals surface area contributed by atoms with Gasteiger partial charge in [0.2, 0.25) is 0 Å². The van der Waals surface area contributed by atoms with Gasteiger partial charge < -0.3 is 10.5 Å². The number of rotatable bonds is 5. The number of benzene rings is 1. The zero-order chi connectivity index (χ0) is 12.0. The Labute approximate surface area is 96.6 Å². The number of carbonyl (C=O) groups excluding carboxylic acids is 1. The second kappa shape index (κ2) is 6.28. The smallest absolute Gasteiger partial charge is 0.305 e. The fraction of sp³-hybridized carbons (Fsp3) is 0.462. The van der Waals surface area contributed by atoms with E-state index in [1.54, 1.807) is 0 Å². The molecule has 1 aromatic carbocycles. The first-order valence-electron chi connectivity index (χ1n) is 5.49. The van der Waals surface area contributed by atoms with E-state index in [1.165, 1.54) is 18.2 Å². The van der Waals surface area contributed by atoms with E-state index in [2.05, 4.69) is 35.9 Å². The Morgan fingerprint density at radius 2 is 2.00 bits per heavy atom. The van der Waals surface area contributed by atoms with Gasteiger partial charge in [0, 0.05) is 12.5 Å². The lowest BCUT2D eigenvalue weighted by atomic mass is 10.0. The predicted molar refractivity (Wildman–Crippen MR) is 64.1 cm³/mol. The average molecular weight is 221 g/mol. The van der Waals surface area contributed by atoms with Crippen LogP contribution >= 0.6 is 0 Å². The van der Waals surface area contributed by atoms with E-state index in [0.717, 1.165) is 6.42 Å². The molecule has 2 N–H and O–H groups in total. The lowest BCUT2D eigenvalue weighted by molar-refractivity contribution is -0.140. The summed E-state index contributed by atoms with van der Waals surface area (Å²) in [6.07, 6.45) is 1.86. The van der Waals surface area contributed by atoms with Crippen LogP contribution in [-0.4, -0.2) is 19.1 Å². The molecule has 0 saturated carbocycles. The van der Waals surface area contributed by atoms with Gasteiger partial charge in [-0.3, -0.25) is 4.79 Å². The fourth-order valence-electron chi connectivity index (χ4n) is 1.53. The molecule has 1 atom stereocenters. The molecule has 3 heteroatoms. The SMILES string of the molecule is COC(=O)CCC(N)Cc1ccc(C)cc1. The summed E-state index contributed by atoms with van der Waals surface area (Å²) in [5, 5.41) is 0. The van der Waals surface area contributed by atoms with Crippen LogP contribution in [0.25, 0.3) is 0 Å². The van der Waals surface area contributed by atoms with Gasteiger partial charge in [0.1, 0.15) is 0 Å². The molecule has 0 aliphatic heterocycles. The van der Waals surface area contributed by atoms with Crippen molar-refractivity contribution in [2.45, 2.75) is 32.2 Å². The Kier molecular flexibility index (Phi) is 4.99. The molecule has 0 saturated heterocycles. The lowest BCUT2D eigenvalue weighted by Gasteiger charge is -2.10. The minimum atomic E-state index is -0.195. The van der Waals surface area contributed by atoms with Crippen LogP contribution in [0.1, 0.15) is 24.0 Å². The second-order valence-electron chi connectivity index (χ2n) is 4.06. The number of esters is 1. The van der Waals surface area contributed by atoms with Gasteiger partial charge in [0.05, 0.1) is 7.11 Å². The van der Waals surface area contributed by atoms with Crippen molar-refractivity contribution in [3.05, 3.63) is 35.4 Å². The summed E-state index contributed by atoms with van der Waals surface area (Å²) in [6, 6.07) is 8.31. The molecule has 1 rings (SSSR count). The highest BCUT2D eigenvalue weighted by atomic mass is 16.5. The van der Waals surface area contributed by atoms with Crippen molar-refractivity contribution in [1.29, 1.82) is 0 Å². The number of carbonyl (C=O) groups is 1. The van der Waals surface area contributed by atoms with Crippen LogP contribution in [0.2, 0.25) is 0 Å². The maximum atomic E-state index is 10.9. The van der Waals surface area contributed by atoms with Crippen LogP contribution in [0.5, 0.6) is 0 Å². The Bertz CT molecular complexity index is 332. The van der Waals surface area contributed by atoms with Crippen LogP contribution < -0.4 is 5.73 Å². The zero-order valence-corrected chi connectivity index (χ0v) is 9.90. The van der Waals surface area contributed by atoms with E-state index in [4.69, 9.17) is 5.73 Å². The third kappa shape index (κ3) is 4.45. The highest BCUT2D eigenvalue weighted by Crippen LogP contribution is 2.08. The van der Waals surface area contributed by atoms with Gasteiger partial charge in [-0.15, -0.1) is 0 Å². The van der Waals surface area contributed by atoms with Crippen molar-refractivity contribution in [3.8, 4) is 0 Å². The van der Waals surface area contributed by atoms with E-state index in [-0.39, 0.29) is 12.0 Å². The van der Waals surface area contributed by atoms with Crippen molar-refractivity contribution in [2.75, 3.05) is 7.11 Å². The number of methoxy groups -OCH3 is 1. The molecular weight excluding hydrogens is 202 g/mol. The number of hydrogen-bond acceptors (Lipinski definition) is 3. The minimum absolute atomic E-state index is 0.0156. The standard InChI is InChI=1S/C13H19NO2/c1-10-3-5-11(6-4-10)9-12(14)7-8-13(15)16-2/h3-6,12H,7-9,14H2,1-2H3. The highest BCUT2D eigenvalue weighted by Gasteiger charge is 2.07. The van der Waals surface area contributed by atoms with Gasteiger partial charge in [0.15, 0.2) is 0 Å². The molecule has 0 aliphatic rings. The summed E-state index contributed by atoms with van der Waals surface area (Å²) in [5.74, 6) is -0.195. The first-order valence-corrected chi connectivity index (χ1v) is 5.49. The first kappa shape index (κ1) is 12.7. The first-order chi connectivity index (χ1) is 7.61. The highest BCUT2D eigenvalue weighted by molar-refractivity contribution is 5.69. The number of aryl methyl sites for hydroxylation is 1. The summed E-state index contributed by atoms with van der Waals surface area (Å²) in [6.45, 7) is 2.06. The maximum Gasteiger partial charge on any atom is 0.305 e. The minimum Gasteiger partial charge on any atom is -0.469 e. The summed E-state index contributed by atoms with van der Waals surface area (Å²) >= 11 is 0. The van der Waals surface area contributed by atoms with Crippen molar-refractivity contribution in [3.63, 3.8) is 0 Å². The van der Waals surface area contributed by atoms with Gasteiger partial charge in [-0.2, -0.15) is 0 Å². The maximum absolute atomic E-state index is 10.9. The van der Waals surface area contributed by atoms with Crippen molar-refractivity contribution >= 4 is 5.97 Å². The molecule has 0 bridgehead atoms. The van der Waals surface area contributed by atoms with Crippen LogP contribution in [0.4, 0.5) is 0 Å². The van der Waals surface area contributed by atoms with Gasteiger partial charge in [-0.05, 0) is 25.3 Å². The van der Waals surface area contributed by atoms with Crippen LogP contribution in [0, 0.1) is 6.92 Å². The number of nitrogens with two attached hydrogens (primary N) is 1. The summed E-state index contributed by atoms with van der Waals surface area (Å²) in [5.41, 5.74) is 8.39. The Morgan fingerprint density at radius 1 is 1.38 bits per heavy atom. The van der Waals surface area contributed by atoms with Gasteiger partial charge in [-0.1, -0.05) is 29.8 Å². The van der Waals surface area contributed by atoms with E-state index in [9.17, 15) is 4.79 Å². The van der Waals surface area contributed by atoms with Gasteiger partial charge >= 0.3 is 5.97 Å². The molecule has 0 amide bonds. The molecule has 1 unspecified atom stereocenters. The molecule has 16 heavy (non-hydrogen) atoms. The summed E-state index contributed by atoms with van der Waals surface area (Å²) in [7, 11) is 1.40. The van der Waals surface area contributed by atoms with Crippen LogP contribution in [0.15, 0.2) is 24.3 Å². The fourth-order valence-corrected chi connectivity index (χ4v) is 1.53. The van der Waals surface area contributed by atoms with Crippen LogP contribution in [0.3, 0.4) is 0 Å². The third-order valence-corrected chi connectivity index (χ3v) is 2.57. The molecule has 0 aliphatic carbocycles. The van der Waals surface area contributed by atoms with E-state index in [0.29, 0.717) is 12.8 Å². The average Bonchev–Trinajstić information content (AvgIpc) is 2.29. The Morgan fingerprint density at radius 3 is 2.56 bits per heavy atom. The molecule has 1 aromatic rings. The summed E-state index contributed by atoms with van der Waals surface area (Å²) in [4.78, 5) is 10.9. The zero-order valence-electron chi connectivity index (χ0n) is 9.90. The third-order valence-electron chi connectivity index (χ3n) is 2.57. The Hall–Kier alpha value is -1.35. The van der Waals surface area contributed by atoms with Crippen LogP contribution in [-0.2, 0) is 16.0 Å².